The molecule has 0 aliphatic heterocycles. The zero-order chi connectivity index (χ0) is 25.3. The number of rotatable bonds is 14. The van der Waals surface area contributed by atoms with E-state index in [2.05, 4.69) is 0 Å². The Morgan fingerprint density at radius 3 is 1.82 bits per heavy atom. The second-order valence-electron chi connectivity index (χ2n) is 9.77. The van der Waals surface area contributed by atoms with Crippen LogP contribution < -0.4 is 4.90 Å². The van der Waals surface area contributed by atoms with Crippen molar-refractivity contribution in [2.45, 2.75) is 64.2 Å². The molecule has 0 saturated carbocycles. The molecule has 0 amide bonds. The highest BCUT2D eigenvalue weighted by molar-refractivity contribution is 6.71. The molecule has 33 heavy (non-hydrogen) atoms. The fraction of sp³-hybridized carbons (Fsp3) is 0.636. The molecule has 0 aliphatic carbocycles. The van der Waals surface area contributed by atoms with Crippen LogP contribution in [0.2, 0.25) is 45.3 Å². The minimum absolute atomic E-state index is 0.0795. The summed E-state index contributed by atoms with van der Waals surface area (Å²) in [5.41, 5.74) is 0.829. The minimum Gasteiger partial charge on any atom is -0.520 e. The smallest absolute Gasteiger partial charge is 0.500 e. The van der Waals surface area contributed by atoms with Crippen LogP contribution in [0.1, 0.15) is 12.8 Å². The number of anilines is 1. The SMILES string of the molecule is CO[Si](CCCN(c1ccccc1)C(CC(=O)O[Si](C)(C)C)C(=O)O[Si](C)(C)C)(OC)OC. The summed E-state index contributed by atoms with van der Waals surface area (Å²) in [5, 5.41) is 0. The highest BCUT2D eigenvalue weighted by Crippen LogP contribution is 2.24. The van der Waals surface area contributed by atoms with Crippen molar-refractivity contribution >= 4 is 43.1 Å². The van der Waals surface area contributed by atoms with Gasteiger partial charge in [-0.25, -0.2) is 0 Å². The van der Waals surface area contributed by atoms with E-state index in [-0.39, 0.29) is 12.4 Å². The molecule has 8 nitrogen and oxygen atoms in total. The molecule has 0 saturated heterocycles. The molecule has 0 aromatic heterocycles. The first-order chi connectivity index (χ1) is 15.3. The fourth-order valence-electron chi connectivity index (χ4n) is 3.34. The number of benzene rings is 1. The summed E-state index contributed by atoms with van der Waals surface area (Å²) in [7, 11) is -2.32. The standard InChI is InChI=1S/C22H41NO7Si3/c1-26-33(27-2,28-3)17-13-16-23(19-14-11-10-12-15-19)20(22(25)30-32(7,8)9)18-21(24)29-31(4,5)6/h10-12,14-15,20H,13,16-18H2,1-9H3. The quantitative estimate of drug-likeness (QED) is 0.340. The topological polar surface area (TPSA) is 83.5 Å². The number of nitrogens with zero attached hydrogens (tertiary/aromatic N) is 1. The van der Waals surface area contributed by atoms with E-state index in [1.165, 1.54) is 0 Å². The summed E-state index contributed by atoms with van der Waals surface area (Å²) < 4.78 is 28.1. The lowest BCUT2D eigenvalue weighted by atomic mass is 10.1. The highest BCUT2D eigenvalue weighted by atomic mass is 28.4. The molecular formula is C22H41NO7Si3. The Kier molecular flexibility index (Phi) is 11.5. The van der Waals surface area contributed by atoms with Crippen molar-refractivity contribution in [2.75, 3.05) is 32.8 Å². The summed E-state index contributed by atoms with van der Waals surface area (Å²) in [6, 6.07) is 9.33. The summed E-state index contributed by atoms with van der Waals surface area (Å²) in [6.45, 7) is 12.2. The first-order valence-electron chi connectivity index (χ1n) is 11.2. The molecule has 0 spiro atoms. The van der Waals surface area contributed by atoms with Crippen molar-refractivity contribution in [3.05, 3.63) is 30.3 Å². The third-order valence-electron chi connectivity index (χ3n) is 4.74. The maximum Gasteiger partial charge on any atom is 0.500 e. The Bertz CT molecular complexity index is 738. The maximum absolute atomic E-state index is 13.3. The van der Waals surface area contributed by atoms with Crippen LogP contribution in [0.15, 0.2) is 30.3 Å². The lowest BCUT2D eigenvalue weighted by Crippen LogP contribution is -2.49. The molecule has 1 aromatic rings. The van der Waals surface area contributed by atoms with Gasteiger partial charge in [0.1, 0.15) is 6.04 Å². The van der Waals surface area contributed by atoms with Crippen LogP contribution in [0.5, 0.6) is 0 Å². The molecule has 0 aliphatic rings. The first kappa shape index (κ1) is 29.5. The van der Waals surface area contributed by atoms with Gasteiger partial charge in [0.25, 0.3) is 5.97 Å². The van der Waals surface area contributed by atoms with Gasteiger partial charge in [-0.15, -0.1) is 0 Å². The van der Waals surface area contributed by atoms with Crippen molar-refractivity contribution in [2.24, 2.45) is 0 Å². The zero-order valence-corrected chi connectivity index (χ0v) is 24.6. The first-order valence-corrected chi connectivity index (χ1v) is 19.9. The molecule has 0 heterocycles. The largest absolute Gasteiger partial charge is 0.520 e. The molecule has 1 rings (SSSR count). The van der Waals surface area contributed by atoms with E-state index < -0.39 is 37.5 Å². The van der Waals surface area contributed by atoms with Crippen molar-refractivity contribution in [3.8, 4) is 0 Å². The van der Waals surface area contributed by atoms with Crippen LogP contribution in [0.3, 0.4) is 0 Å². The summed E-state index contributed by atoms with van der Waals surface area (Å²) in [5.74, 6) is -0.790. The van der Waals surface area contributed by atoms with Crippen molar-refractivity contribution < 1.29 is 31.7 Å². The van der Waals surface area contributed by atoms with Crippen LogP contribution in [0.4, 0.5) is 5.69 Å². The van der Waals surface area contributed by atoms with Gasteiger partial charge in [0.2, 0.25) is 16.6 Å². The van der Waals surface area contributed by atoms with Gasteiger partial charge in [-0.3, -0.25) is 9.59 Å². The van der Waals surface area contributed by atoms with Crippen LogP contribution in [0.25, 0.3) is 0 Å². The number of para-hydroxylation sites is 1. The molecule has 0 bridgehead atoms. The molecule has 0 radical (unpaired) electrons. The second-order valence-corrected chi connectivity index (χ2v) is 21.7. The van der Waals surface area contributed by atoms with Crippen LogP contribution in [0, 0.1) is 0 Å². The molecule has 11 heteroatoms. The third-order valence-corrected chi connectivity index (χ3v) is 9.22. The number of carbonyl (C=O) groups excluding carboxylic acids is 2. The van der Waals surface area contributed by atoms with Gasteiger partial charge in [-0.1, -0.05) is 18.2 Å². The lowest BCUT2D eigenvalue weighted by molar-refractivity contribution is -0.143. The van der Waals surface area contributed by atoms with E-state index in [0.29, 0.717) is 19.0 Å². The predicted molar refractivity (Wildman–Crippen MR) is 137 cm³/mol. The van der Waals surface area contributed by atoms with Gasteiger partial charge in [0, 0.05) is 39.6 Å². The minimum atomic E-state index is -2.77. The Morgan fingerprint density at radius 2 is 1.36 bits per heavy atom. The van der Waals surface area contributed by atoms with Gasteiger partial charge in [0.05, 0.1) is 6.42 Å². The predicted octanol–water partition coefficient (Wildman–Crippen LogP) is 4.28. The van der Waals surface area contributed by atoms with Crippen molar-refractivity contribution in [1.29, 1.82) is 0 Å². The molecular weight excluding hydrogens is 475 g/mol. The maximum atomic E-state index is 13.3. The van der Waals surface area contributed by atoms with E-state index in [9.17, 15) is 9.59 Å². The number of carbonyl (C=O) groups is 2. The second kappa shape index (κ2) is 12.8. The van der Waals surface area contributed by atoms with Crippen LogP contribution in [-0.2, 0) is 31.7 Å². The van der Waals surface area contributed by atoms with Gasteiger partial charge in [0.15, 0.2) is 0 Å². The summed E-state index contributed by atoms with van der Waals surface area (Å²) in [4.78, 5) is 28.0. The van der Waals surface area contributed by atoms with Gasteiger partial charge in [-0.05, 0) is 57.8 Å². The summed E-state index contributed by atoms with van der Waals surface area (Å²) in [6.07, 6.45) is 0.556. The molecule has 0 N–H and O–H groups in total. The summed E-state index contributed by atoms with van der Waals surface area (Å²) >= 11 is 0. The normalized spacial score (nSPS) is 13.4. The Morgan fingerprint density at radius 1 is 0.848 bits per heavy atom. The average molecular weight is 516 g/mol. The van der Waals surface area contributed by atoms with E-state index in [1.807, 2.05) is 74.5 Å². The Balaban J connectivity index is 3.25. The van der Waals surface area contributed by atoms with Crippen LogP contribution in [-0.4, -0.2) is 71.3 Å². The monoisotopic (exact) mass is 515 g/mol. The lowest BCUT2D eigenvalue weighted by Gasteiger charge is -2.35. The number of hydrogen-bond acceptors (Lipinski definition) is 8. The molecule has 0 fully saturated rings. The van der Waals surface area contributed by atoms with Gasteiger partial charge < -0.3 is 27.0 Å². The zero-order valence-electron chi connectivity index (χ0n) is 21.6. The Hall–Kier alpha value is -1.51. The van der Waals surface area contributed by atoms with E-state index in [4.69, 9.17) is 22.1 Å². The fourth-order valence-corrected chi connectivity index (χ4v) is 6.55. The van der Waals surface area contributed by atoms with E-state index in [0.717, 1.165) is 5.69 Å². The molecule has 1 aromatic carbocycles. The molecule has 1 unspecified atom stereocenters. The van der Waals surface area contributed by atoms with Gasteiger partial charge >= 0.3 is 14.8 Å². The van der Waals surface area contributed by atoms with E-state index in [1.54, 1.807) is 21.3 Å². The van der Waals surface area contributed by atoms with Crippen LogP contribution >= 0.6 is 0 Å². The molecule has 1 atom stereocenters. The van der Waals surface area contributed by atoms with Gasteiger partial charge in [-0.2, -0.15) is 0 Å². The number of hydrogen-bond donors (Lipinski definition) is 0. The third kappa shape index (κ3) is 10.5. The van der Waals surface area contributed by atoms with Crippen molar-refractivity contribution in [3.63, 3.8) is 0 Å². The highest BCUT2D eigenvalue weighted by Gasteiger charge is 2.39. The average Bonchev–Trinajstić information content (AvgIpc) is 2.71. The molecule has 188 valence electrons. The Labute approximate surface area is 202 Å². The van der Waals surface area contributed by atoms with E-state index >= 15 is 0 Å². The van der Waals surface area contributed by atoms with Crippen molar-refractivity contribution in [1.82, 2.24) is 0 Å².